The lowest BCUT2D eigenvalue weighted by atomic mass is 10.2. The molecule has 6 heteroatoms. The fourth-order valence-corrected chi connectivity index (χ4v) is 1.81. The summed E-state index contributed by atoms with van der Waals surface area (Å²) in [7, 11) is 0. The third-order valence-corrected chi connectivity index (χ3v) is 2.95. The highest BCUT2D eigenvalue weighted by atomic mass is 19.1. The van der Waals surface area contributed by atoms with E-state index in [2.05, 4.69) is 4.98 Å². The van der Waals surface area contributed by atoms with E-state index in [1.165, 1.54) is 6.07 Å². The van der Waals surface area contributed by atoms with Gasteiger partial charge in [0.1, 0.15) is 11.6 Å². The van der Waals surface area contributed by atoms with Crippen LogP contribution < -0.4 is 16.0 Å². The standard InChI is InChI=1S/C12H11FN2O3/c13-8-3-7(18-5-6-1-2-6)4-9-10(8)11(16)15-12(17)14-9/h3-4,6H,1-2,5H2,(H2,14,15,16,17). The molecular weight excluding hydrogens is 239 g/mol. The molecule has 1 aliphatic rings. The van der Waals surface area contributed by atoms with Gasteiger partial charge in [-0.05, 0) is 18.8 Å². The molecule has 0 unspecified atom stereocenters. The van der Waals surface area contributed by atoms with E-state index in [4.69, 9.17) is 4.74 Å². The van der Waals surface area contributed by atoms with E-state index in [1.807, 2.05) is 4.98 Å². The van der Waals surface area contributed by atoms with Crippen LogP contribution in [0.3, 0.4) is 0 Å². The monoisotopic (exact) mass is 250 g/mol. The van der Waals surface area contributed by atoms with Crippen LogP contribution in [0.15, 0.2) is 21.7 Å². The summed E-state index contributed by atoms with van der Waals surface area (Å²) in [5.41, 5.74) is -1.25. The number of rotatable bonds is 3. The van der Waals surface area contributed by atoms with Crippen molar-refractivity contribution < 1.29 is 9.13 Å². The van der Waals surface area contributed by atoms with E-state index in [-0.39, 0.29) is 10.9 Å². The molecule has 0 radical (unpaired) electrons. The Morgan fingerprint density at radius 2 is 2.06 bits per heavy atom. The number of halogens is 1. The minimum absolute atomic E-state index is 0.148. The summed E-state index contributed by atoms with van der Waals surface area (Å²) in [5.74, 6) is 0.172. The number of benzene rings is 1. The molecule has 0 aliphatic heterocycles. The number of hydrogen-bond acceptors (Lipinski definition) is 3. The van der Waals surface area contributed by atoms with Gasteiger partial charge in [-0.2, -0.15) is 0 Å². The third kappa shape index (κ3) is 2.01. The van der Waals surface area contributed by atoms with Crippen molar-refractivity contribution in [2.24, 2.45) is 5.92 Å². The summed E-state index contributed by atoms with van der Waals surface area (Å²) in [6, 6.07) is 2.63. The third-order valence-electron chi connectivity index (χ3n) is 2.95. The smallest absolute Gasteiger partial charge is 0.326 e. The van der Waals surface area contributed by atoms with Gasteiger partial charge < -0.3 is 9.72 Å². The number of hydrogen-bond donors (Lipinski definition) is 2. The normalized spacial score (nSPS) is 14.9. The van der Waals surface area contributed by atoms with Gasteiger partial charge in [0.15, 0.2) is 0 Å². The zero-order chi connectivity index (χ0) is 12.7. The molecule has 1 aromatic heterocycles. The summed E-state index contributed by atoms with van der Waals surface area (Å²) in [4.78, 5) is 27.0. The predicted molar refractivity (Wildman–Crippen MR) is 63.4 cm³/mol. The van der Waals surface area contributed by atoms with E-state index >= 15 is 0 Å². The summed E-state index contributed by atoms with van der Waals surface area (Å²) in [6.45, 7) is 0.540. The Hall–Kier alpha value is -2.11. The predicted octanol–water partition coefficient (Wildman–Crippen LogP) is 1.14. The van der Waals surface area contributed by atoms with Crippen molar-refractivity contribution in [2.45, 2.75) is 12.8 Å². The van der Waals surface area contributed by atoms with Crippen LogP contribution in [0.2, 0.25) is 0 Å². The van der Waals surface area contributed by atoms with E-state index in [1.54, 1.807) is 0 Å². The maximum atomic E-state index is 13.8. The van der Waals surface area contributed by atoms with Crippen LogP contribution in [-0.2, 0) is 0 Å². The highest BCUT2D eigenvalue weighted by molar-refractivity contribution is 5.79. The average molecular weight is 250 g/mol. The van der Waals surface area contributed by atoms with E-state index in [0.717, 1.165) is 18.9 Å². The van der Waals surface area contributed by atoms with Crippen molar-refractivity contribution >= 4 is 10.9 Å². The number of ether oxygens (including phenoxy) is 1. The van der Waals surface area contributed by atoms with Crippen molar-refractivity contribution in [3.05, 3.63) is 38.8 Å². The van der Waals surface area contributed by atoms with Crippen LogP contribution in [0.25, 0.3) is 10.9 Å². The van der Waals surface area contributed by atoms with Gasteiger partial charge in [-0.15, -0.1) is 0 Å². The molecule has 18 heavy (non-hydrogen) atoms. The summed E-state index contributed by atoms with van der Waals surface area (Å²) in [6.07, 6.45) is 2.26. The van der Waals surface area contributed by atoms with Gasteiger partial charge >= 0.3 is 5.69 Å². The first-order valence-electron chi connectivity index (χ1n) is 5.72. The largest absolute Gasteiger partial charge is 0.493 e. The van der Waals surface area contributed by atoms with Crippen molar-refractivity contribution in [2.75, 3.05) is 6.61 Å². The van der Waals surface area contributed by atoms with Crippen LogP contribution in [0, 0.1) is 11.7 Å². The van der Waals surface area contributed by atoms with Gasteiger partial charge in [0.2, 0.25) is 0 Å². The van der Waals surface area contributed by atoms with Gasteiger partial charge in [-0.25, -0.2) is 9.18 Å². The van der Waals surface area contributed by atoms with Crippen LogP contribution in [0.1, 0.15) is 12.8 Å². The van der Waals surface area contributed by atoms with Gasteiger partial charge in [-0.3, -0.25) is 9.78 Å². The zero-order valence-corrected chi connectivity index (χ0v) is 9.46. The molecule has 0 amide bonds. The summed E-state index contributed by atoms with van der Waals surface area (Å²) < 4.78 is 19.2. The minimum atomic E-state index is -0.736. The Labute approximate surface area is 101 Å². The van der Waals surface area contributed by atoms with Crippen LogP contribution in [-0.4, -0.2) is 16.6 Å². The molecule has 1 fully saturated rings. The second-order valence-electron chi connectivity index (χ2n) is 4.49. The lowest BCUT2D eigenvalue weighted by Crippen LogP contribution is -2.22. The molecule has 1 saturated carbocycles. The topological polar surface area (TPSA) is 74.9 Å². The Kier molecular flexibility index (Phi) is 2.43. The number of aromatic amines is 2. The number of nitrogens with one attached hydrogen (secondary N) is 2. The number of H-pyrrole nitrogens is 2. The quantitative estimate of drug-likeness (QED) is 0.857. The van der Waals surface area contributed by atoms with Gasteiger partial charge in [-0.1, -0.05) is 0 Å². The van der Waals surface area contributed by atoms with Crippen LogP contribution in [0.4, 0.5) is 4.39 Å². The number of fused-ring (bicyclic) bond motifs is 1. The molecule has 94 valence electrons. The Bertz CT molecular complexity index is 715. The molecule has 0 saturated heterocycles. The molecule has 1 heterocycles. The van der Waals surface area contributed by atoms with Gasteiger partial charge in [0, 0.05) is 12.1 Å². The first-order valence-corrected chi connectivity index (χ1v) is 5.72. The molecule has 1 aliphatic carbocycles. The Morgan fingerprint density at radius 3 is 2.78 bits per heavy atom. The minimum Gasteiger partial charge on any atom is -0.493 e. The van der Waals surface area contributed by atoms with E-state index < -0.39 is 17.1 Å². The fourth-order valence-electron chi connectivity index (χ4n) is 1.81. The zero-order valence-electron chi connectivity index (χ0n) is 9.46. The van der Waals surface area contributed by atoms with Crippen molar-refractivity contribution in [3.63, 3.8) is 0 Å². The van der Waals surface area contributed by atoms with Crippen LogP contribution in [0.5, 0.6) is 5.75 Å². The molecule has 0 spiro atoms. The van der Waals surface area contributed by atoms with Crippen molar-refractivity contribution in [3.8, 4) is 5.75 Å². The summed E-state index contributed by atoms with van der Waals surface area (Å²) in [5, 5.41) is -0.159. The van der Waals surface area contributed by atoms with Gasteiger partial charge in [0.25, 0.3) is 5.56 Å². The van der Waals surface area contributed by atoms with E-state index in [9.17, 15) is 14.0 Å². The Morgan fingerprint density at radius 1 is 1.28 bits per heavy atom. The lowest BCUT2D eigenvalue weighted by molar-refractivity contribution is 0.299. The molecule has 0 atom stereocenters. The molecule has 2 N–H and O–H groups in total. The highest BCUT2D eigenvalue weighted by Gasteiger charge is 2.22. The first kappa shape index (κ1) is 11.0. The maximum absolute atomic E-state index is 13.8. The van der Waals surface area contributed by atoms with Crippen molar-refractivity contribution in [1.82, 2.24) is 9.97 Å². The second kappa shape index (κ2) is 3.97. The number of aromatic nitrogens is 2. The Balaban J connectivity index is 2.07. The molecule has 3 rings (SSSR count). The van der Waals surface area contributed by atoms with Crippen molar-refractivity contribution in [1.29, 1.82) is 0 Å². The average Bonchev–Trinajstić information content (AvgIpc) is 3.08. The van der Waals surface area contributed by atoms with E-state index in [0.29, 0.717) is 18.3 Å². The second-order valence-corrected chi connectivity index (χ2v) is 4.49. The fraction of sp³-hybridized carbons (Fsp3) is 0.333. The lowest BCUT2D eigenvalue weighted by Gasteiger charge is -2.06. The van der Waals surface area contributed by atoms with Crippen LogP contribution >= 0.6 is 0 Å². The SMILES string of the molecule is O=c1[nH]c(=O)c2c(F)cc(OCC3CC3)cc2[nH]1. The summed E-state index contributed by atoms with van der Waals surface area (Å²) >= 11 is 0. The molecular formula is C12H11FN2O3. The molecule has 1 aromatic carbocycles. The molecule has 0 bridgehead atoms. The highest BCUT2D eigenvalue weighted by Crippen LogP contribution is 2.30. The van der Waals surface area contributed by atoms with Gasteiger partial charge in [0.05, 0.1) is 17.5 Å². The first-order chi connectivity index (χ1) is 8.63. The molecule has 5 nitrogen and oxygen atoms in total. The molecule has 2 aromatic rings. The maximum Gasteiger partial charge on any atom is 0.326 e.